The van der Waals surface area contributed by atoms with Crippen molar-refractivity contribution in [1.29, 1.82) is 0 Å². The standard InChI is InChI=1S/C24H28Cl3NO5S/c25-17-11-13-22(20(15-17)24(31)19-12-10-18(26)16-21(19)27)34(32,33)28-14-8-6-4-2-1-3-5-7-9-23(29)30/h10-13,15-16,28H,1-9,14H2,(H,29,30). The summed E-state index contributed by atoms with van der Waals surface area (Å²) in [4.78, 5) is 23.4. The average Bonchev–Trinajstić information content (AvgIpc) is 2.76. The fraction of sp³-hybridized carbons (Fsp3) is 0.417. The fourth-order valence-corrected chi connectivity index (χ4v) is 5.40. The molecule has 0 spiro atoms. The Morgan fingerprint density at radius 2 is 1.32 bits per heavy atom. The van der Waals surface area contributed by atoms with Crippen LogP contribution >= 0.6 is 34.8 Å². The number of rotatable bonds is 15. The highest BCUT2D eigenvalue weighted by Gasteiger charge is 2.24. The molecule has 186 valence electrons. The van der Waals surface area contributed by atoms with Crippen molar-refractivity contribution in [2.24, 2.45) is 0 Å². The second-order valence-corrected chi connectivity index (χ2v) is 11.0. The topological polar surface area (TPSA) is 101 Å². The van der Waals surface area contributed by atoms with Crippen molar-refractivity contribution in [2.75, 3.05) is 6.54 Å². The molecular weight excluding hydrogens is 521 g/mol. The van der Waals surface area contributed by atoms with Crippen molar-refractivity contribution in [3.63, 3.8) is 0 Å². The molecule has 34 heavy (non-hydrogen) atoms. The molecule has 0 radical (unpaired) electrons. The van der Waals surface area contributed by atoms with E-state index in [9.17, 15) is 18.0 Å². The van der Waals surface area contributed by atoms with Gasteiger partial charge in [0.05, 0.1) is 9.92 Å². The summed E-state index contributed by atoms with van der Waals surface area (Å²) in [5, 5.41) is 9.33. The maximum Gasteiger partial charge on any atom is 0.303 e. The van der Waals surface area contributed by atoms with Gasteiger partial charge in [-0.2, -0.15) is 0 Å². The smallest absolute Gasteiger partial charge is 0.303 e. The van der Waals surface area contributed by atoms with Crippen LogP contribution in [0.4, 0.5) is 0 Å². The third kappa shape index (κ3) is 9.19. The van der Waals surface area contributed by atoms with Crippen molar-refractivity contribution in [3.05, 3.63) is 62.6 Å². The number of carboxylic acid groups (broad SMARTS) is 1. The maximum atomic E-state index is 13.1. The number of unbranched alkanes of at least 4 members (excludes halogenated alkanes) is 7. The lowest BCUT2D eigenvalue weighted by Crippen LogP contribution is -2.26. The molecule has 0 bridgehead atoms. The monoisotopic (exact) mass is 547 g/mol. The first kappa shape index (κ1) is 28.6. The SMILES string of the molecule is O=C(O)CCCCCCCCCCNS(=O)(=O)c1ccc(Cl)cc1C(=O)c1ccc(Cl)cc1Cl. The van der Waals surface area contributed by atoms with E-state index in [1.165, 1.54) is 36.4 Å². The molecular formula is C24H28Cl3NO5S. The van der Waals surface area contributed by atoms with Crippen LogP contribution in [-0.2, 0) is 14.8 Å². The quantitative estimate of drug-likeness (QED) is 0.189. The molecule has 2 aromatic rings. The number of benzene rings is 2. The first-order chi connectivity index (χ1) is 16.1. The molecule has 10 heteroatoms. The molecule has 0 unspecified atom stereocenters. The Kier molecular flexibility index (Phi) is 11.8. The van der Waals surface area contributed by atoms with Crippen molar-refractivity contribution in [3.8, 4) is 0 Å². The van der Waals surface area contributed by atoms with Gasteiger partial charge in [0, 0.05) is 34.1 Å². The highest BCUT2D eigenvalue weighted by Crippen LogP contribution is 2.28. The lowest BCUT2D eigenvalue weighted by atomic mass is 10.0. The van der Waals surface area contributed by atoms with E-state index in [0.717, 1.165) is 38.5 Å². The van der Waals surface area contributed by atoms with Crippen LogP contribution < -0.4 is 4.72 Å². The maximum absolute atomic E-state index is 13.1. The Labute approximate surface area is 215 Å². The molecule has 2 aromatic carbocycles. The highest BCUT2D eigenvalue weighted by molar-refractivity contribution is 7.89. The number of sulfonamides is 1. The Morgan fingerprint density at radius 1 is 0.765 bits per heavy atom. The normalized spacial score (nSPS) is 11.5. The molecule has 0 amide bonds. The van der Waals surface area contributed by atoms with Gasteiger partial charge in [-0.3, -0.25) is 9.59 Å². The molecule has 0 saturated heterocycles. The molecule has 0 fully saturated rings. The number of ketones is 1. The largest absolute Gasteiger partial charge is 0.481 e. The van der Waals surface area contributed by atoms with E-state index < -0.39 is 21.8 Å². The van der Waals surface area contributed by atoms with Crippen LogP contribution in [0.1, 0.15) is 73.7 Å². The molecule has 0 aliphatic carbocycles. The molecule has 6 nitrogen and oxygen atoms in total. The van der Waals surface area contributed by atoms with Gasteiger partial charge in [-0.15, -0.1) is 0 Å². The minimum absolute atomic E-state index is 0.0629. The van der Waals surface area contributed by atoms with Gasteiger partial charge in [-0.1, -0.05) is 73.3 Å². The molecule has 0 aromatic heterocycles. The number of carbonyl (C=O) groups excluding carboxylic acids is 1. The number of aliphatic carboxylic acids is 1. The average molecular weight is 549 g/mol. The summed E-state index contributed by atoms with van der Waals surface area (Å²) in [5.74, 6) is -1.32. The minimum Gasteiger partial charge on any atom is -0.481 e. The highest BCUT2D eigenvalue weighted by atomic mass is 35.5. The molecule has 0 aliphatic heterocycles. The summed E-state index contributed by atoms with van der Waals surface area (Å²) >= 11 is 18.1. The van der Waals surface area contributed by atoms with E-state index in [0.29, 0.717) is 17.9 Å². The zero-order valence-electron chi connectivity index (χ0n) is 18.7. The molecule has 0 atom stereocenters. The number of carboxylic acids is 1. The van der Waals surface area contributed by atoms with Crippen LogP contribution in [0.3, 0.4) is 0 Å². The summed E-state index contributed by atoms with van der Waals surface area (Å²) < 4.78 is 28.4. The van der Waals surface area contributed by atoms with Gasteiger partial charge in [0.1, 0.15) is 0 Å². The number of carbonyl (C=O) groups is 2. The fourth-order valence-electron chi connectivity index (χ4n) is 3.48. The number of hydrogen-bond acceptors (Lipinski definition) is 4. The predicted molar refractivity (Wildman–Crippen MR) is 136 cm³/mol. The van der Waals surface area contributed by atoms with Gasteiger partial charge in [0.25, 0.3) is 0 Å². The Hall–Kier alpha value is -1.64. The molecule has 2 N–H and O–H groups in total. The van der Waals surface area contributed by atoms with Crippen molar-refractivity contribution >= 4 is 56.6 Å². The van der Waals surface area contributed by atoms with Gasteiger partial charge in [0.2, 0.25) is 10.0 Å². The number of nitrogens with one attached hydrogen (secondary N) is 1. The van der Waals surface area contributed by atoms with Gasteiger partial charge >= 0.3 is 5.97 Å². The van der Waals surface area contributed by atoms with Crippen molar-refractivity contribution in [1.82, 2.24) is 4.72 Å². The molecule has 0 aliphatic rings. The van der Waals surface area contributed by atoms with Gasteiger partial charge in [-0.05, 0) is 49.2 Å². The minimum atomic E-state index is -3.94. The van der Waals surface area contributed by atoms with Gasteiger partial charge < -0.3 is 5.11 Å². The van der Waals surface area contributed by atoms with Gasteiger partial charge in [0.15, 0.2) is 5.78 Å². The van der Waals surface area contributed by atoms with E-state index in [-0.39, 0.29) is 39.0 Å². The Bertz CT molecular complexity index is 1110. The van der Waals surface area contributed by atoms with Crippen LogP contribution in [0.15, 0.2) is 41.3 Å². The van der Waals surface area contributed by atoms with Crippen LogP contribution in [-0.4, -0.2) is 31.8 Å². The molecule has 2 rings (SSSR count). The molecule has 0 heterocycles. The van der Waals surface area contributed by atoms with E-state index in [4.69, 9.17) is 39.9 Å². The van der Waals surface area contributed by atoms with Crippen molar-refractivity contribution < 1.29 is 23.1 Å². The van der Waals surface area contributed by atoms with Crippen LogP contribution in [0.25, 0.3) is 0 Å². The third-order valence-electron chi connectivity index (χ3n) is 5.26. The first-order valence-corrected chi connectivity index (χ1v) is 13.7. The van der Waals surface area contributed by atoms with Crippen molar-refractivity contribution in [2.45, 2.75) is 62.7 Å². The van der Waals surface area contributed by atoms with E-state index in [2.05, 4.69) is 4.72 Å². The summed E-state index contributed by atoms with van der Waals surface area (Å²) in [6, 6.07) is 8.43. The zero-order chi connectivity index (χ0) is 25.1. The van der Waals surface area contributed by atoms with Crippen LogP contribution in [0, 0.1) is 0 Å². The zero-order valence-corrected chi connectivity index (χ0v) is 21.7. The summed E-state index contributed by atoms with van der Waals surface area (Å²) in [7, 11) is -3.94. The van der Waals surface area contributed by atoms with Crippen LogP contribution in [0.2, 0.25) is 15.1 Å². The summed E-state index contributed by atoms with van der Waals surface area (Å²) in [5.41, 5.74) is 0.0693. The Balaban J connectivity index is 1.89. The Morgan fingerprint density at radius 3 is 1.94 bits per heavy atom. The number of hydrogen-bond donors (Lipinski definition) is 2. The van der Waals surface area contributed by atoms with Gasteiger partial charge in [-0.25, -0.2) is 13.1 Å². The van der Waals surface area contributed by atoms with Crippen LogP contribution in [0.5, 0.6) is 0 Å². The summed E-state index contributed by atoms with van der Waals surface area (Å²) in [6.45, 7) is 0.249. The predicted octanol–water partition coefficient (Wildman–Crippen LogP) is 6.75. The molecule has 0 saturated carbocycles. The lowest BCUT2D eigenvalue weighted by molar-refractivity contribution is -0.137. The second kappa shape index (κ2) is 14.0. The van der Waals surface area contributed by atoms with E-state index >= 15 is 0 Å². The third-order valence-corrected chi connectivity index (χ3v) is 7.56. The van der Waals surface area contributed by atoms with E-state index in [1.807, 2.05) is 0 Å². The second-order valence-electron chi connectivity index (χ2n) is 7.96. The first-order valence-electron chi connectivity index (χ1n) is 11.1. The summed E-state index contributed by atoms with van der Waals surface area (Å²) in [6.07, 6.45) is 7.40. The lowest BCUT2D eigenvalue weighted by Gasteiger charge is -2.12. The number of halogens is 3. The van der Waals surface area contributed by atoms with E-state index in [1.54, 1.807) is 0 Å².